The molecule has 174 valence electrons. The number of aromatic nitrogens is 2. The minimum atomic E-state index is -0.584. The highest BCUT2D eigenvalue weighted by molar-refractivity contribution is 6.40. The molecule has 1 fully saturated rings. The molecule has 0 saturated carbocycles. The molecule has 0 bridgehead atoms. The van der Waals surface area contributed by atoms with Gasteiger partial charge in [-0.25, -0.2) is 4.98 Å². The van der Waals surface area contributed by atoms with Crippen molar-refractivity contribution in [2.75, 3.05) is 0 Å². The first kappa shape index (κ1) is 23.7. The van der Waals surface area contributed by atoms with E-state index in [4.69, 9.17) is 32.7 Å². The van der Waals surface area contributed by atoms with Crippen LogP contribution in [0, 0.1) is 0 Å². The number of hydrogen-bond donors (Lipinski definition) is 2. The van der Waals surface area contributed by atoms with Crippen molar-refractivity contribution in [3.63, 3.8) is 0 Å². The van der Waals surface area contributed by atoms with Crippen molar-refractivity contribution in [2.45, 2.75) is 51.5 Å². The van der Waals surface area contributed by atoms with Crippen molar-refractivity contribution in [3.05, 3.63) is 87.4 Å². The van der Waals surface area contributed by atoms with Crippen molar-refractivity contribution in [3.8, 4) is 0 Å². The summed E-state index contributed by atoms with van der Waals surface area (Å²) in [5.74, 6) is -0.0748. The van der Waals surface area contributed by atoms with Crippen LogP contribution < -0.4 is 5.32 Å². The lowest BCUT2D eigenvalue weighted by Crippen LogP contribution is -2.32. The maximum atomic E-state index is 11.2. The van der Waals surface area contributed by atoms with E-state index in [1.165, 1.54) is 6.92 Å². The van der Waals surface area contributed by atoms with Crippen LogP contribution in [0.4, 0.5) is 0 Å². The number of amides is 1. The first-order valence-electron chi connectivity index (χ1n) is 10.6. The lowest BCUT2D eigenvalue weighted by atomic mass is 10.00. The summed E-state index contributed by atoms with van der Waals surface area (Å²) in [6, 6.07) is 15.5. The Balaban J connectivity index is 1.55. The Kier molecular flexibility index (Phi) is 7.67. The van der Waals surface area contributed by atoms with Crippen LogP contribution in [-0.4, -0.2) is 26.7 Å². The first-order valence-corrected chi connectivity index (χ1v) is 11.4. The van der Waals surface area contributed by atoms with Crippen molar-refractivity contribution in [2.24, 2.45) is 0 Å². The summed E-state index contributed by atoms with van der Waals surface area (Å²) in [4.78, 5) is 15.2. The van der Waals surface area contributed by atoms with Gasteiger partial charge in [0.1, 0.15) is 5.15 Å². The molecule has 2 heterocycles. The summed E-state index contributed by atoms with van der Waals surface area (Å²) >= 11 is 12.3. The molecule has 1 saturated heterocycles. The molecule has 1 aliphatic heterocycles. The van der Waals surface area contributed by atoms with Gasteiger partial charge in [0.15, 0.2) is 11.4 Å². The average molecular weight is 490 g/mol. The van der Waals surface area contributed by atoms with Crippen molar-refractivity contribution < 1.29 is 19.4 Å². The van der Waals surface area contributed by atoms with Crippen LogP contribution in [0.3, 0.4) is 0 Å². The molecule has 1 amide bonds. The highest BCUT2D eigenvalue weighted by Gasteiger charge is 2.32. The second-order valence-corrected chi connectivity index (χ2v) is 8.70. The van der Waals surface area contributed by atoms with Crippen molar-refractivity contribution in [1.29, 1.82) is 0 Å². The quantitative estimate of drug-likeness (QED) is 0.507. The minimum absolute atomic E-state index is 0.00904. The monoisotopic (exact) mass is 489 g/mol. The van der Waals surface area contributed by atoms with Crippen LogP contribution >= 0.6 is 23.2 Å². The molecule has 2 N–H and O–H groups in total. The molecule has 1 aromatic heterocycles. The van der Waals surface area contributed by atoms with E-state index in [1.54, 1.807) is 10.9 Å². The van der Waals surface area contributed by atoms with Gasteiger partial charge in [-0.2, -0.15) is 0 Å². The molecule has 0 spiro atoms. The summed E-state index contributed by atoms with van der Waals surface area (Å²) < 4.78 is 14.4. The number of hydrogen-bond acceptors (Lipinski definition) is 5. The summed E-state index contributed by atoms with van der Waals surface area (Å²) in [6.45, 7) is 2.42. The zero-order valence-electron chi connectivity index (χ0n) is 18.1. The Morgan fingerprint density at radius 2 is 1.76 bits per heavy atom. The number of rotatable bonds is 7. The van der Waals surface area contributed by atoms with Gasteiger partial charge in [0.05, 0.1) is 31.7 Å². The van der Waals surface area contributed by atoms with E-state index in [1.807, 2.05) is 48.5 Å². The lowest BCUT2D eigenvalue weighted by Gasteiger charge is -2.36. The second-order valence-electron chi connectivity index (χ2n) is 7.98. The SMILES string of the molecule is CC(=O)NCc1ccc(C2OC(Cn3cnc(Cl)c3Cl)CC(c3ccc(CO)cc3)O2)cc1. The fraction of sp³-hybridized carbons (Fsp3) is 0.333. The number of nitrogens with one attached hydrogen (secondary N) is 1. The molecule has 3 atom stereocenters. The molecule has 33 heavy (non-hydrogen) atoms. The normalized spacial score (nSPS) is 20.5. The third-order valence-electron chi connectivity index (χ3n) is 5.54. The molecule has 0 aliphatic carbocycles. The predicted molar refractivity (Wildman–Crippen MR) is 125 cm³/mol. The number of halogens is 2. The molecule has 4 rings (SSSR count). The van der Waals surface area contributed by atoms with E-state index in [0.29, 0.717) is 24.7 Å². The number of benzene rings is 2. The predicted octanol–water partition coefficient (Wildman–Crippen LogP) is 4.56. The van der Waals surface area contributed by atoms with Gasteiger partial charge in [0.25, 0.3) is 0 Å². The number of nitrogens with zero attached hydrogens (tertiary/aromatic N) is 2. The third-order valence-corrected chi connectivity index (χ3v) is 6.31. The topological polar surface area (TPSA) is 85.6 Å². The van der Waals surface area contributed by atoms with Crippen LogP contribution in [0.15, 0.2) is 54.9 Å². The van der Waals surface area contributed by atoms with Gasteiger partial charge in [-0.1, -0.05) is 71.7 Å². The van der Waals surface area contributed by atoms with E-state index in [0.717, 1.165) is 22.3 Å². The van der Waals surface area contributed by atoms with Crippen LogP contribution in [0.5, 0.6) is 0 Å². The van der Waals surface area contributed by atoms with Gasteiger partial charge in [-0.15, -0.1) is 0 Å². The molecule has 9 heteroatoms. The standard InChI is InChI=1S/C24H25Cl2N3O4/c1-15(31)27-11-16-2-8-19(9-3-16)24-32-20(12-29-14-28-22(25)23(29)26)10-21(33-24)18-6-4-17(13-30)5-7-18/h2-9,14,20-21,24,30H,10-13H2,1H3,(H,27,31). The number of carbonyl (C=O) groups excluding carboxylic acids is 1. The van der Waals surface area contributed by atoms with Gasteiger partial charge < -0.3 is 24.5 Å². The Bertz CT molecular complexity index is 1090. The van der Waals surface area contributed by atoms with Crippen molar-refractivity contribution >= 4 is 29.1 Å². The minimum Gasteiger partial charge on any atom is -0.392 e. The molecule has 0 radical (unpaired) electrons. The molecule has 7 nitrogen and oxygen atoms in total. The smallest absolute Gasteiger partial charge is 0.217 e. The second kappa shape index (κ2) is 10.7. The highest BCUT2D eigenvalue weighted by Crippen LogP contribution is 2.38. The van der Waals surface area contributed by atoms with Gasteiger partial charge in [-0.3, -0.25) is 4.79 Å². The molecule has 3 aromatic rings. The highest BCUT2D eigenvalue weighted by atomic mass is 35.5. The fourth-order valence-corrected chi connectivity index (χ4v) is 4.06. The van der Waals surface area contributed by atoms with Crippen LogP contribution in [0.2, 0.25) is 10.3 Å². The first-order chi connectivity index (χ1) is 15.9. The number of aliphatic hydroxyl groups is 1. The Morgan fingerprint density at radius 3 is 2.36 bits per heavy atom. The van der Waals surface area contributed by atoms with Gasteiger partial charge in [0, 0.05) is 25.5 Å². The Morgan fingerprint density at radius 1 is 1.09 bits per heavy atom. The van der Waals surface area contributed by atoms with Crippen LogP contribution in [0.25, 0.3) is 0 Å². The number of carbonyl (C=O) groups is 1. The van der Waals surface area contributed by atoms with E-state index < -0.39 is 6.29 Å². The zero-order valence-corrected chi connectivity index (χ0v) is 19.6. The van der Waals surface area contributed by atoms with Crippen molar-refractivity contribution in [1.82, 2.24) is 14.9 Å². The summed E-state index contributed by atoms with van der Waals surface area (Å²) in [7, 11) is 0. The summed E-state index contributed by atoms with van der Waals surface area (Å²) in [5, 5.41) is 12.8. The molecular weight excluding hydrogens is 465 g/mol. The van der Waals surface area contributed by atoms with E-state index in [9.17, 15) is 9.90 Å². The van der Waals surface area contributed by atoms with E-state index >= 15 is 0 Å². The number of aliphatic hydroxyl groups excluding tert-OH is 1. The molecular formula is C24H25Cl2N3O4. The molecule has 3 unspecified atom stereocenters. The summed E-state index contributed by atoms with van der Waals surface area (Å²) in [5.41, 5.74) is 3.70. The van der Waals surface area contributed by atoms with Gasteiger partial charge in [-0.05, 0) is 16.7 Å². The molecule has 2 aromatic carbocycles. The number of ether oxygens (including phenoxy) is 2. The Hall–Kier alpha value is -2.42. The van der Waals surface area contributed by atoms with Gasteiger partial charge >= 0.3 is 0 Å². The van der Waals surface area contributed by atoms with Gasteiger partial charge in [0.2, 0.25) is 5.91 Å². The van der Waals surface area contributed by atoms with Crippen LogP contribution in [-0.2, 0) is 34.0 Å². The zero-order chi connectivity index (χ0) is 23.4. The largest absolute Gasteiger partial charge is 0.392 e. The lowest BCUT2D eigenvalue weighted by molar-refractivity contribution is -0.252. The average Bonchev–Trinajstić information content (AvgIpc) is 3.15. The third kappa shape index (κ3) is 5.93. The Labute approximate surface area is 202 Å². The van der Waals surface area contributed by atoms with Crippen LogP contribution in [0.1, 0.15) is 48.0 Å². The number of imidazole rings is 1. The van der Waals surface area contributed by atoms with E-state index in [2.05, 4.69) is 10.3 Å². The van der Waals surface area contributed by atoms with E-state index in [-0.39, 0.29) is 29.9 Å². The maximum Gasteiger partial charge on any atom is 0.217 e. The fourth-order valence-electron chi connectivity index (χ4n) is 3.74. The maximum absolute atomic E-state index is 11.2. The molecule has 1 aliphatic rings. The summed E-state index contributed by atoms with van der Waals surface area (Å²) in [6.07, 6.45) is 1.22.